The first-order chi connectivity index (χ1) is 6.61. The van der Waals surface area contributed by atoms with Crippen LogP contribution in [0.3, 0.4) is 0 Å². The molecule has 2 nitrogen and oxygen atoms in total. The van der Waals surface area contributed by atoms with Gasteiger partial charge in [0.15, 0.2) is 5.78 Å². The predicted octanol–water partition coefficient (Wildman–Crippen LogP) is 1.78. The second kappa shape index (κ2) is 4.91. The van der Waals surface area contributed by atoms with E-state index < -0.39 is 0 Å². The molecule has 14 heavy (non-hydrogen) atoms. The molecule has 0 saturated heterocycles. The third kappa shape index (κ3) is 2.96. The Morgan fingerprint density at radius 3 is 2.36 bits per heavy atom. The Morgan fingerprint density at radius 2 is 1.86 bits per heavy atom. The number of benzene rings is 1. The molecule has 0 aromatic heterocycles. The van der Waals surface area contributed by atoms with Gasteiger partial charge in [-0.25, -0.2) is 0 Å². The molecule has 1 unspecified atom stereocenters. The van der Waals surface area contributed by atoms with Crippen molar-refractivity contribution < 1.29 is 4.79 Å². The summed E-state index contributed by atoms with van der Waals surface area (Å²) in [5, 5.41) is 0. The molecular formula is C12H17NO. The minimum absolute atomic E-state index is 0.117. The molecule has 0 heterocycles. The van der Waals surface area contributed by atoms with E-state index in [0.717, 1.165) is 5.56 Å². The third-order valence-corrected chi connectivity index (χ3v) is 2.31. The quantitative estimate of drug-likeness (QED) is 0.788. The van der Waals surface area contributed by atoms with Crippen molar-refractivity contribution in [1.29, 1.82) is 0 Å². The van der Waals surface area contributed by atoms with E-state index in [-0.39, 0.29) is 17.7 Å². The average molecular weight is 191 g/mol. The lowest BCUT2D eigenvalue weighted by Crippen LogP contribution is -2.36. The molecule has 0 bridgehead atoms. The molecule has 0 spiro atoms. The van der Waals surface area contributed by atoms with Gasteiger partial charge in [0.2, 0.25) is 0 Å². The first kappa shape index (κ1) is 10.9. The smallest absolute Gasteiger partial charge is 0.154 e. The fourth-order valence-electron chi connectivity index (χ4n) is 1.29. The van der Waals surface area contributed by atoms with E-state index in [1.807, 2.05) is 44.2 Å². The van der Waals surface area contributed by atoms with Crippen molar-refractivity contribution >= 4 is 5.78 Å². The van der Waals surface area contributed by atoms with Crippen molar-refractivity contribution in [3.8, 4) is 0 Å². The summed E-state index contributed by atoms with van der Waals surface area (Å²) >= 11 is 0. The molecule has 0 radical (unpaired) electrons. The highest BCUT2D eigenvalue weighted by Crippen LogP contribution is 2.05. The molecule has 1 aromatic carbocycles. The highest BCUT2D eigenvalue weighted by Gasteiger charge is 2.16. The van der Waals surface area contributed by atoms with E-state index >= 15 is 0 Å². The molecule has 1 rings (SSSR count). The van der Waals surface area contributed by atoms with Gasteiger partial charge < -0.3 is 5.73 Å². The number of rotatable bonds is 4. The Balaban J connectivity index is 2.58. The highest BCUT2D eigenvalue weighted by molar-refractivity contribution is 5.86. The van der Waals surface area contributed by atoms with E-state index in [1.54, 1.807) is 0 Å². The van der Waals surface area contributed by atoms with Gasteiger partial charge in [0, 0.05) is 6.42 Å². The van der Waals surface area contributed by atoms with Gasteiger partial charge in [0.25, 0.3) is 0 Å². The maximum Gasteiger partial charge on any atom is 0.154 e. The zero-order chi connectivity index (χ0) is 10.6. The topological polar surface area (TPSA) is 43.1 Å². The van der Waals surface area contributed by atoms with Crippen molar-refractivity contribution in [1.82, 2.24) is 0 Å². The monoisotopic (exact) mass is 191 g/mol. The second-order valence-electron chi connectivity index (χ2n) is 3.90. The van der Waals surface area contributed by atoms with Crippen molar-refractivity contribution in [2.75, 3.05) is 0 Å². The summed E-state index contributed by atoms with van der Waals surface area (Å²) in [4.78, 5) is 11.6. The van der Waals surface area contributed by atoms with Crippen LogP contribution >= 0.6 is 0 Å². The first-order valence-corrected chi connectivity index (χ1v) is 4.93. The average Bonchev–Trinajstić information content (AvgIpc) is 2.18. The number of nitrogens with two attached hydrogens (primary N) is 1. The van der Waals surface area contributed by atoms with Crippen LogP contribution in [0.4, 0.5) is 0 Å². The Morgan fingerprint density at radius 1 is 1.29 bits per heavy atom. The largest absolute Gasteiger partial charge is 0.321 e. The predicted molar refractivity (Wildman–Crippen MR) is 58.0 cm³/mol. The molecule has 0 aliphatic heterocycles. The second-order valence-corrected chi connectivity index (χ2v) is 3.90. The Bertz CT molecular complexity index is 292. The van der Waals surface area contributed by atoms with Crippen molar-refractivity contribution in [3.63, 3.8) is 0 Å². The summed E-state index contributed by atoms with van der Waals surface area (Å²) in [5.74, 6) is 0.331. The summed E-state index contributed by atoms with van der Waals surface area (Å²) in [7, 11) is 0. The summed E-state index contributed by atoms with van der Waals surface area (Å²) in [6.07, 6.45) is 0.445. The van der Waals surface area contributed by atoms with Gasteiger partial charge in [-0.2, -0.15) is 0 Å². The van der Waals surface area contributed by atoms with Crippen LogP contribution in [0.2, 0.25) is 0 Å². The number of ketones is 1. The SMILES string of the molecule is CC(C)C(N)C(=O)Cc1ccccc1. The molecule has 0 fully saturated rings. The van der Waals surface area contributed by atoms with E-state index in [2.05, 4.69) is 0 Å². The number of carbonyl (C=O) groups excluding carboxylic acids is 1. The van der Waals surface area contributed by atoms with Crippen LogP contribution in [0, 0.1) is 5.92 Å². The number of Topliss-reactive ketones (excluding diaryl/α,β-unsaturated/α-hetero) is 1. The van der Waals surface area contributed by atoms with E-state index in [1.165, 1.54) is 0 Å². The van der Waals surface area contributed by atoms with E-state index in [4.69, 9.17) is 5.73 Å². The molecule has 2 N–H and O–H groups in total. The lowest BCUT2D eigenvalue weighted by atomic mass is 9.96. The maximum absolute atomic E-state index is 11.6. The van der Waals surface area contributed by atoms with Gasteiger partial charge in [0.1, 0.15) is 0 Å². The fraction of sp³-hybridized carbons (Fsp3) is 0.417. The molecule has 0 aliphatic rings. The van der Waals surface area contributed by atoms with Crippen LogP contribution in [0.5, 0.6) is 0 Å². The van der Waals surface area contributed by atoms with E-state index in [0.29, 0.717) is 6.42 Å². The summed E-state index contributed by atoms with van der Waals surface area (Å²) in [5.41, 5.74) is 6.79. The molecule has 76 valence electrons. The minimum Gasteiger partial charge on any atom is -0.321 e. The molecule has 1 atom stereocenters. The molecule has 0 saturated carbocycles. The standard InChI is InChI=1S/C12H17NO/c1-9(2)12(13)11(14)8-10-6-4-3-5-7-10/h3-7,9,12H,8,13H2,1-2H3. The third-order valence-electron chi connectivity index (χ3n) is 2.31. The minimum atomic E-state index is -0.338. The van der Waals surface area contributed by atoms with Crippen LogP contribution in [0.15, 0.2) is 30.3 Å². The van der Waals surface area contributed by atoms with Crippen LogP contribution < -0.4 is 5.73 Å². The van der Waals surface area contributed by atoms with Crippen LogP contribution in [-0.4, -0.2) is 11.8 Å². The van der Waals surface area contributed by atoms with Crippen molar-refractivity contribution in [2.24, 2.45) is 11.7 Å². The molecule has 2 heteroatoms. The zero-order valence-corrected chi connectivity index (χ0v) is 8.73. The normalized spacial score (nSPS) is 12.9. The van der Waals surface area contributed by atoms with Crippen LogP contribution in [0.1, 0.15) is 19.4 Å². The van der Waals surface area contributed by atoms with E-state index in [9.17, 15) is 4.79 Å². The highest BCUT2D eigenvalue weighted by atomic mass is 16.1. The zero-order valence-electron chi connectivity index (χ0n) is 8.73. The lowest BCUT2D eigenvalue weighted by molar-refractivity contribution is -0.120. The summed E-state index contributed by atoms with van der Waals surface area (Å²) in [6.45, 7) is 3.93. The van der Waals surface area contributed by atoms with Gasteiger partial charge in [-0.1, -0.05) is 44.2 Å². The summed E-state index contributed by atoms with van der Waals surface area (Å²) in [6, 6.07) is 9.37. The van der Waals surface area contributed by atoms with Gasteiger partial charge in [-0.15, -0.1) is 0 Å². The Kier molecular flexibility index (Phi) is 3.84. The van der Waals surface area contributed by atoms with Gasteiger partial charge in [-0.3, -0.25) is 4.79 Å². The van der Waals surface area contributed by atoms with Crippen LogP contribution in [0.25, 0.3) is 0 Å². The fourth-order valence-corrected chi connectivity index (χ4v) is 1.29. The van der Waals surface area contributed by atoms with Gasteiger partial charge in [0.05, 0.1) is 6.04 Å². The number of hydrogen-bond donors (Lipinski definition) is 1. The lowest BCUT2D eigenvalue weighted by Gasteiger charge is -2.13. The first-order valence-electron chi connectivity index (χ1n) is 4.93. The summed E-state index contributed by atoms with van der Waals surface area (Å²) < 4.78 is 0. The molecular weight excluding hydrogens is 174 g/mol. The maximum atomic E-state index is 11.6. The molecule has 0 amide bonds. The molecule has 0 aliphatic carbocycles. The van der Waals surface area contributed by atoms with Crippen LogP contribution in [-0.2, 0) is 11.2 Å². The van der Waals surface area contributed by atoms with Gasteiger partial charge >= 0.3 is 0 Å². The Hall–Kier alpha value is -1.15. The van der Waals surface area contributed by atoms with Gasteiger partial charge in [-0.05, 0) is 11.5 Å². The number of carbonyl (C=O) groups is 1. The molecule has 1 aromatic rings. The van der Waals surface area contributed by atoms with Crippen molar-refractivity contribution in [2.45, 2.75) is 26.3 Å². The van der Waals surface area contributed by atoms with Crippen molar-refractivity contribution in [3.05, 3.63) is 35.9 Å². The Labute approximate surface area is 85.1 Å². The number of hydrogen-bond acceptors (Lipinski definition) is 2.